The highest BCUT2D eigenvalue weighted by molar-refractivity contribution is 6.15. The van der Waals surface area contributed by atoms with Gasteiger partial charge in [-0.05, 0) is 48.9 Å². The number of Topliss-reactive ketones (excluding diaryl/α,β-unsaturated/α-hetero) is 1. The topological polar surface area (TPSA) is 57.2 Å². The molecule has 0 unspecified atom stereocenters. The van der Waals surface area contributed by atoms with Crippen molar-refractivity contribution in [3.05, 3.63) is 88.2 Å². The summed E-state index contributed by atoms with van der Waals surface area (Å²) >= 11 is 0. The standard InChI is InChI=1S/C27H25NO5/c1-17-4-6-18(7-5-17)14-28-15-22-24(32-16-28)11-9-21-26(29)25(33-27(21)22)13-19-12-20(30-2)8-10-23(19)31-3/h4-13H,14-16H2,1-3H3/b25-13-. The Morgan fingerprint density at radius 2 is 1.85 bits per heavy atom. The Bertz CT molecular complexity index is 1250. The molecule has 3 aromatic rings. The molecule has 0 radical (unpaired) electrons. The highest BCUT2D eigenvalue weighted by Crippen LogP contribution is 2.42. The molecule has 2 aliphatic rings. The lowest BCUT2D eigenvalue weighted by Gasteiger charge is -2.29. The van der Waals surface area contributed by atoms with Crippen molar-refractivity contribution >= 4 is 11.9 Å². The molecule has 0 fully saturated rings. The number of carbonyl (C=O) groups excluding carboxylic acids is 1. The molecule has 0 aromatic heterocycles. The van der Waals surface area contributed by atoms with Crippen molar-refractivity contribution in [2.24, 2.45) is 0 Å². The van der Waals surface area contributed by atoms with Crippen LogP contribution in [0.4, 0.5) is 0 Å². The van der Waals surface area contributed by atoms with Gasteiger partial charge in [-0.3, -0.25) is 9.69 Å². The van der Waals surface area contributed by atoms with E-state index in [0.717, 1.165) is 17.9 Å². The minimum atomic E-state index is -0.159. The van der Waals surface area contributed by atoms with E-state index in [-0.39, 0.29) is 11.5 Å². The molecule has 168 valence electrons. The van der Waals surface area contributed by atoms with Crippen LogP contribution < -0.4 is 18.9 Å². The molecule has 0 amide bonds. The molecular weight excluding hydrogens is 418 g/mol. The van der Waals surface area contributed by atoms with E-state index in [0.29, 0.717) is 41.7 Å². The quantitative estimate of drug-likeness (QED) is 0.519. The van der Waals surface area contributed by atoms with Crippen LogP contribution in [0.25, 0.3) is 6.08 Å². The third-order valence-electron chi connectivity index (χ3n) is 5.93. The predicted molar refractivity (Wildman–Crippen MR) is 125 cm³/mol. The second kappa shape index (κ2) is 8.64. The summed E-state index contributed by atoms with van der Waals surface area (Å²) in [6.45, 7) is 3.95. The number of aryl methyl sites for hydroxylation is 1. The third-order valence-corrected chi connectivity index (χ3v) is 5.93. The van der Waals surface area contributed by atoms with Gasteiger partial charge in [-0.1, -0.05) is 29.8 Å². The first-order valence-corrected chi connectivity index (χ1v) is 10.8. The van der Waals surface area contributed by atoms with Crippen molar-refractivity contribution in [3.63, 3.8) is 0 Å². The van der Waals surface area contributed by atoms with Crippen LogP contribution in [0.5, 0.6) is 23.0 Å². The van der Waals surface area contributed by atoms with Crippen LogP contribution in [0.15, 0.2) is 60.4 Å². The minimum Gasteiger partial charge on any atom is -0.497 e. The molecule has 33 heavy (non-hydrogen) atoms. The van der Waals surface area contributed by atoms with Gasteiger partial charge in [-0.2, -0.15) is 0 Å². The van der Waals surface area contributed by atoms with Gasteiger partial charge in [0.25, 0.3) is 0 Å². The minimum absolute atomic E-state index is 0.159. The predicted octanol–water partition coefficient (Wildman–Crippen LogP) is 4.98. The van der Waals surface area contributed by atoms with Gasteiger partial charge in [-0.15, -0.1) is 0 Å². The van der Waals surface area contributed by atoms with E-state index in [1.54, 1.807) is 32.4 Å². The number of methoxy groups -OCH3 is 2. The first-order valence-electron chi connectivity index (χ1n) is 10.8. The fourth-order valence-electron chi connectivity index (χ4n) is 4.15. The fourth-order valence-corrected chi connectivity index (χ4v) is 4.15. The number of hydrogen-bond donors (Lipinski definition) is 0. The molecule has 0 saturated carbocycles. The number of allylic oxidation sites excluding steroid dienone is 1. The molecule has 0 atom stereocenters. The maximum Gasteiger partial charge on any atom is 0.231 e. The van der Waals surface area contributed by atoms with E-state index in [4.69, 9.17) is 18.9 Å². The van der Waals surface area contributed by atoms with Gasteiger partial charge in [0, 0.05) is 18.7 Å². The fraction of sp³-hybridized carbons (Fsp3) is 0.222. The van der Waals surface area contributed by atoms with E-state index in [1.807, 2.05) is 18.2 Å². The van der Waals surface area contributed by atoms with Crippen LogP contribution in [-0.4, -0.2) is 31.6 Å². The van der Waals surface area contributed by atoms with Gasteiger partial charge in [0.15, 0.2) is 5.76 Å². The molecule has 0 saturated heterocycles. The number of benzene rings is 3. The Morgan fingerprint density at radius 3 is 2.61 bits per heavy atom. The van der Waals surface area contributed by atoms with Crippen LogP contribution in [0, 0.1) is 6.92 Å². The summed E-state index contributed by atoms with van der Waals surface area (Å²) in [5, 5.41) is 0. The van der Waals surface area contributed by atoms with Crippen molar-refractivity contribution < 1.29 is 23.7 Å². The van der Waals surface area contributed by atoms with E-state index in [1.165, 1.54) is 11.1 Å². The van der Waals surface area contributed by atoms with Crippen molar-refractivity contribution in [1.82, 2.24) is 4.90 Å². The zero-order chi connectivity index (χ0) is 22.9. The zero-order valence-electron chi connectivity index (χ0n) is 18.9. The highest BCUT2D eigenvalue weighted by atomic mass is 16.5. The van der Waals surface area contributed by atoms with Crippen molar-refractivity contribution in [2.75, 3.05) is 21.0 Å². The van der Waals surface area contributed by atoms with Crippen LogP contribution in [0.1, 0.15) is 32.6 Å². The number of fused-ring (bicyclic) bond motifs is 3. The Balaban J connectivity index is 1.44. The molecule has 0 N–H and O–H groups in total. The van der Waals surface area contributed by atoms with E-state index in [2.05, 4.69) is 36.1 Å². The second-order valence-corrected chi connectivity index (χ2v) is 8.21. The summed E-state index contributed by atoms with van der Waals surface area (Å²) in [6.07, 6.45) is 1.70. The highest BCUT2D eigenvalue weighted by Gasteiger charge is 2.33. The Kier molecular flexibility index (Phi) is 5.52. The van der Waals surface area contributed by atoms with Crippen LogP contribution in [0.2, 0.25) is 0 Å². The van der Waals surface area contributed by atoms with Crippen molar-refractivity contribution in [2.45, 2.75) is 20.0 Å². The van der Waals surface area contributed by atoms with E-state index >= 15 is 0 Å². The number of ketones is 1. The second-order valence-electron chi connectivity index (χ2n) is 8.21. The summed E-state index contributed by atoms with van der Waals surface area (Å²) in [4.78, 5) is 15.3. The van der Waals surface area contributed by atoms with Gasteiger partial charge >= 0.3 is 0 Å². The van der Waals surface area contributed by atoms with Crippen LogP contribution >= 0.6 is 0 Å². The van der Waals surface area contributed by atoms with Gasteiger partial charge in [0.05, 0.1) is 25.3 Å². The normalized spacial score (nSPS) is 16.1. The van der Waals surface area contributed by atoms with Gasteiger partial charge < -0.3 is 18.9 Å². The molecule has 3 aromatic carbocycles. The van der Waals surface area contributed by atoms with Crippen molar-refractivity contribution in [3.8, 4) is 23.0 Å². The Morgan fingerprint density at radius 1 is 1.03 bits per heavy atom. The van der Waals surface area contributed by atoms with Gasteiger partial charge in [0.1, 0.15) is 29.7 Å². The summed E-state index contributed by atoms with van der Waals surface area (Å²) in [6, 6.07) is 17.5. The summed E-state index contributed by atoms with van der Waals surface area (Å²) in [5.74, 6) is 2.71. The summed E-state index contributed by atoms with van der Waals surface area (Å²) in [5.41, 5.74) is 4.58. The average molecular weight is 443 g/mol. The first-order chi connectivity index (χ1) is 16.1. The molecule has 2 aliphatic heterocycles. The maximum atomic E-state index is 13.1. The molecule has 0 bridgehead atoms. The number of rotatable bonds is 5. The monoisotopic (exact) mass is 443 g/mol. The van der Waals surface area contributed by atoms with E-state index in [9.17, 15) is 4.79 Å². The number of carbonyl (C=O) groups is 1. The lowest BCUT2D eigenvalue weighted by molar-refractivity contribution is 0.0873. The molecule has 0 spiro atoms. The van der Waals surface area contributed by atoms with Crippen molar-refractivity contribution in [1.29, 1.82) is 0 Å². The summed E-state index contributed by atoms with van der Waals surface area (Å²) in [7, 11) is 3.19. The van der Waals surface area contributed by atoms with Gasteiger partial charge in [0.2, 0.25) is 5.78 Å². The van der Waals surface area contributed by atoms with E-state index < -0.39 is 0 Å². The molecule has 5 rings (SSSR count). The largest absolute Gasteiger partial charge is 0.497 e. The Labute approximate surface area is 193 Å². The molecule has 6 heteroatoms. The lowest BCUT2D eigenvalue weighted by atomic mass is 10.0. The zero-order valence-corrected chi connectivity index (χ0v) is 18.9. The smallest absolute Gasteiger partial charge is 0.231 e. The number of nitrogens with zero attached hydrogens (tertiary/aromatic N) is 1. The summed E-state index contributed by atoms with van der Waals surface area (Å²) < 4.78 is 22.9. The molecule has 0 aliphatic carbocycles. The lowest BCUT2D eigenvalue weighted by Crippen LogP contribution is -2.31. The maximum absolute atomic E-state index is 13.1. The number of hydrogen-bond acceptors (Lipinski definition) is 6. The van der Waals surface area contributed by atoms with Gasteiger partial charge in [-0.25, -0.2) is 0 Å². The molecular formula is C27H25NO5. The third kappa shape index (κ3) is 4.05. The van der Waals surface area contributed by atoms with Crippen LogP contribution in [0.3, 0.4) is 0 Å². The first kappa shape index (κ1) is 21.1. The molecule has 2 heterocycles. The van der Waals surface area contributed by atoms with Crippen LogP contribution in [-0.2, 0) is 13.1 Å². The SMILES string of the molecule is COc1ccc(OC)c(/C=C2\Oc3c(ccc4c3CN(Cc3ccc(C)cc3)CO4)C2=O)c1. The molecule has 6 nitrogen and oxygen atoms in total. The number of ether oxygens (including phenoxy) is 4. The average Bonchev–Trinajstić information content (AvgIpc) is 3.16. The Hall–Kier alpha value is -3.77.